The lowest BCUT2D eigenvalue weighted by Gasteiger charge is -2.38. The van der Waals surface area contributed by atoms with E-state index in [9.17, 15) is 29.6 Å². The first-order valence-corrected chi connectivity index (χ1v) is 11.2. The fourth-order valence-electron chi connectivity index (χ4n) is 4.68. The predicted molar refractivity (Wildman–Crippen MR) is 122 cm³/mol. The molecule has 1 heterocycles. The number of carbonyl (C=O) groups excluding carboxylic acids is 3. The van der Waals surface area contributed by atoms with Crippen molar-refractivity contribution in [2.24, 2.45) is 11.8 Å². The number of nitrogens with one attached hydrogen (secondary N) is 1. The Labute approximate surface area is 201 Å². The van der Waals surface area contributed by atoms with Crippen LogP contribution < -0.4 is 10.1 Å². The van der Waals surface area contributed by atoms with E-state index >= 15 is 0 Å². The van der Waals surface area contributed by atoms with Crippen molar-refractivity contribution >= 4 is 23.4 Å². The van der Waals surface area contributed by atoms with Crippen molar-refractivity contribution in [1.82, 2.24) is 5.32 Å². The lowest BCUT2D eigenvalue weighted by atomic mass is 9.69. The molecule has 0 radical (unpaired) electrons. The maximum Gasteiger partial charge on any atom is 0.336 e. The van der Waals surface area contributed by atoms with Crippen LogP contribution in [0.25, 0.3) is 0 Å². The first-order chi connectivity index (χ1) is 16.6. The summed E-state index contributed by atoms with van der Waals surface area (Å²) in [7, 11) is 1.19. The quantitative estimate of drug-likeness (QED) is 0.253. The maximum absolute atomic E-state index is 13.7. The lowest BCUT2D eigenvalue weighted by molar-refractivity contribution is -0.386. The van der Waals surface area contributed by atoms with Crippen molar-refractivity contribution in [2.45, 2.75) is 40.0 Å². The van der Waals surface area contributed by atoms with Crippen molar-refractivity contribution in [1.29, 1.82) is 0 Å². The summed E-state index contributed by atoms with van der Waals surface area (Å²) in [5, 5.41) is 25.2. The molecule has 35 heavy (non-hydrogen) atoms. The molecule has 188 valence electrons. The van der Waals surface area contributed by atoms with Crippen LogP contribution in [0.15, 0.2) is 34.7 Å². The number of rotatable bonds is 7. The summed E-state index contributed by atoms with van der Waals surface area (Å²) < 4.78 is 15.5. The SMILES string of the molecule is CCOC(=O)C1=C(C)NC2=C(C(=O)[C@H](C(=O)OC)[C@H](C)C2)[C@@H]1c1cc(OCC)c(O)c([N+](=O)[O-])c1. The van der Waals surface area contributed by atoms with Gasteiger partial charge >= 0.3 is 17.6 Å². The lowest BCUT2D eigenvalue weighted by Crippen LogP contribution is -2.43. The second-order valence-corrected chi connectivity index (χ2v) is 8.33. The van der Waals surface area contributed by atoms with Gasteiger partial charge in [0.2, 0.25) is 5.75 Å². The van der Waals surface area contributed by atoms with Gasteiger partial charge in [-0.05, 0) is 44.7 Å². The summed E-state index contributed by atoms with van der Waals surface area (Å²) in [6, 6.07) is 2.46. The van der Waals surface area contributed by atoms with Crippen molar-refractivity contribution in [3.05, 3.63) is 50.4 Å². The number of ketones is 1. The highest BCUT2D eigenvalue weighted by Gasteiger charge is 2.47. The number of nitro benzene ring substituents is 1. The van der Waals surface area contributed by atoms with Crippen LogP contribution in [0.1, 0.15) is 45.6 Å². The van der Waals surface area contributed by atoms with E-state index in [0.717, 1.165) is 6.07 Å². The van der Waals surface area contributed by atoms with Gasteiger partial charge in [0.1, 0.15) is 5.92 Å². The molecule has 0 fully saturated rings. The molecule has 2 aliphatic rings. The predicted octanol–water partition coefficient (Wildman–Crippen LogP) is 2.88. The van der Waals surface area contributed by atoms with Gasteiger partial charge in [0.15, 0.2) is 11.5 Å². The van der Waals surface area contributed by atoms with Gasteiger partial charge in [-0.1, -0.05) is 6.92 Å². The smallest absolute Gasteiger partial charge is 0.336 e. The Bertz CT molecular complexity index is 1150. The molecule has 1 aromatic rings. The molecule has 1 aliphatic heterocycles. The number of Topliss-reactive ketones (excluding diaryl/α,β-unsaturated/α-hetero) is 1. The first-order valence-electron chi connectivity index (χ1n) is 11.2. The number of phenolic OH excluding ortho intramolecular Hbond substituents is 1. The number of dihydropyridines is 1. The Balaban J connectivity index is 2.32. The highest BCUT2D eigenvalue weighted by Crippen LogP contribution is 2.48. The topological polar surface area (TPSA) is 154 Å². The van der Waals surface area contributed by atoms with E-state index in [0.29, 0.717) is 17.8 Å². The Morgan fingerprint density at radius 2 is 1.94 bits per heavy atom. The van der Waals surface area contributed by atoms with E-state index in [4.69, 9.17) is 14.2 Å². The Kier molecular flexibility index (Phi) is 7.47. The number of hydrogen-bond acceptors (Lipinski definition) is 10. The van der Waals surface area contributed by atoms with E-state index in [-0.39, 0.29) is 41.6 Å². The van der Waals surface area contributed by atoms with Gasteiger partial charge in [-0.2, -0.15) is 0 Å². The number of allylic oxidation sites excluding steroid dienone is 3. The number of nitrogens with zero attached hydrogens (tertiary/aromatic N) is 1. The van der Waals surface area contributed by atoms with Crippen LogP contribution in [-0.2, 0) is 23.9 Å². The van der Waals surface area contributed by atoms with E-state index in [2.05, 4.69) is 5.32 Å². The maximum atomic E-state index is 13.7. The van der Waals surface area contributed by atoms with E-state index in [1.807, 2.05) is 0 Å². The Morgan fingerprint density at radius 1 is 1.26 bits per heavy atom. The number of hydrogen-bond donors (Lipinski definition) is 2. The van der Waals surface area contributed by atoms with Crippen molar-refractivity contribution < 1.29 is 38.6 Å². The van der Waals surface area contributed by atoms with Crippen LogP contribution >= 0.6 is 0 Å². The van der Waals surface area contributed by atoms with Gasteiger partial charge in [0.05, 0.1) is 30.8 Å². The third kappa shape index (κ3) is 4.58. The van der Waals surface area contributed by atoms with E-state index < -0.39 is 45.9 Å². The average Bonchev–Trinajstić information content (AvgIpc) is 2.79. The average molecular weight is 488 g/mol. The van der Waals surface area contributed by atoms with E-state index in [1.165, 1.54) is 13.2 Å². The molecule has 0 aromatic heterocycles. The zero-order valence-corrected chi connectivity index (χ0v) is 20.2. The standard InChI is InChI=1S/C24H28N2O9/c1-6-34-16-10-13(9-15(21(16)27)26(31)32)19-18(24(30)35-7-2)12(4)25-14-8-11(3)17(23(29)33-5)22(28)20(14)19/h9-11,17,19,25,27H,6-8H2,1-5H3/t11-,17-,19-/m1/s1. The molecule has 11 heteroatoms. The van der Waals surface area contributed by atoms with Crippen molar-refractivity contribution in [3.8, 4) is 11.5 Å². The summed E-state index contributed by atoms with van der Waals surface area (Å²) in [5.41, 5.74) is 0.632. The van der Waals surface area contributed by atoms with Gasteiger partial charge in [-0.15, -0.1) is 0 Å². The Hall–Kier alpha value is -3.89. The molecule has 0 amide bonds. The summed E-state index contributed by atoms with van der Waals surface area (Å²) in [4.78, 5) is 50.1. The Morgan fingerprint density at radius 3 is 2.51 bits per heavy atom. The highest BCUT2D eigenvalue weighted by molar-refractivity contribution is 6.12. The highest BCUT2D eigenvalue weighted by atomic mass is 16.6. The number of phenols is 1. The minimum Gasteiger partial charge on any atom is -0.500 e. The van der Waals surface area contributed by atoms with Crippen LogP contribution in [0.3, 0.4) is 0 Å². The second kappa shape index (κ2) is 10.2. The van der Waals surface area contributed by atoms with Gasteiger partial charge in [0.25, 0.3) is 0 Å². The number of esters is 2. The number of aromatic hydroxyl groups is 1. The molecule has 3 rings (SSSR count). The minimum absolute atomic E-state index is 0.0595. The molecule has 0 saturated heterocycles. The third-order valence-corrected chi connectivity index (χ3v) is 6.15. The molecule has 0 bridgehead atoms. The van der Waals surface area contributed by atoms with Gasteiger partial charge in [0, 0.05) is 29.0 Å². The number of benzene rings is 1. The summed E-state index contributed by atoms with van der Waals surface area (Å²) >= 11 is 0. The number of carbonyl (C=O) groups is 3. The van der Waals surface area contributed by atoms with Crippen LogP contribution in [0.2, 0.25) is 0 Å². The zero-order chi connectivity index (χ0) is 26.0. The monoisotopic (exact) mass is 488 g/mol. The fourth-order valence-corrected chi connectivity index (χ4v) is 4.68. The van der Waals surface area contributed by atoms with Crippen LogP contribution in [0, 0.1) is 22.0 Å². The molecule has 0 spiro atoms. The van der Waals surface area contributed by atoms with E-state index in [1.54, 1.807) is 27.7 Å². The molecule has 1 aromatic carbocycles. The van der Waals surface area contributed by atoms with Crippen LogP contribution in [0.4, 0.5) is 5.69 Å². The molecule has 1 aliphatic carbocycles. The summed E-state index contributed by atoms with van der Waals surface area (Å²) in [5.74, 6) is -5.40. The molecular weight excluding hydrogens is 460 g/mol. The number of nitro groups is 1. The molecule has 0 saturated carbocycles. The molecule has 3 atom stereocenters. The number of methoxy groups -OCH3 is 1. The number of ether oxygens (including phenoxy) is 3. The molecular formula is C24H28N2O9. The van der Waals surface area contributed by atoms with Crippen molar-refractivity contribution in [3.63, 3.8) is 0 Å². The zero-order valence-electron chi connectivity index (χ0n) is 20.2. The van der Waals surface area contributed by atoms with Gasteiger partial charge < -0.3 is 24.6 Å². The van der Waals surface area contributed by atoms with Crippen molar-refractivity contribution in [2.75, 3.05) is 20.3 Å². The fraction of sp³-hybridized carbons (Fsp3) is 0.458. The van der Waals surface area contributed by atoms with Crippen LogP contribution in [0.5, 0.6) is 11.5 Å². The normalized spacial score (nSPS) is 21.7. The summed E-state index contributed by atoms with van der Waals surface area (Å²) in [6.07, 6.45) is 0.309. The summed E-state index contributed by atoms with van der Waals surface area (Å²) in [6.45, 7) is 6.83. The minimum atomic E-state index is -1.11. The van der Waals surface area contributed by atoms with Gasteiger partial charge in [-0.25, -0.2) is 4.79 Å². The third-order valence-electron chi connectivity index (χ3n) is 6.15. The second-order valence-electron chi connectivity index (χ2n) is 8.33. The van der Waals surface area contributed by atoms with Crippen LogP contribution in [-0.4, -0.2) is 48.1 Å². The molecule has 11 nitrogen and oxygen atoms in total. The molecule has 2 N–H and O–H groups in total. The molecule has 0 unspecified atom stereocenters. The van der Waals surface area contributed by atoms with Gasteiger partial charge in [-0.3, -0.25) is 19.7 Å². The largest absolute Gasteiger partial charge is 0.500 e. The first kappa shape index (κ1) is 25.7.